The predicted molar refractivity (Wildman–Crippen MR) is 170 cm³/mol. The van der Waals surface area contributed by atoms with Gasteiger partial charge < -0.3 is 19.6 Å². The molecular weight excluding hydrogens is 557 g/mol. The van der Waals surface area contributed by atoms with E-state index in [4.69, 9.17) is 10.00 Å². The molecule has 0 spiro atoms. The summed E-state index contributed by atoms with van der Waals surface area (Å²) in [7, 11) is 0. The predicted octanol–water partition coefficient (Wildman–Crippen LogP) is 6.40. The number of carboxylic acid groups (broad SMARTS) is 1. The topological polar surface area (TPSA) is 92.9 Å². The Bertz CT molecular complexity index is 1550. The van der Waals surface area contributed by atoms with Crippen molar-refractivity contribution < 1.29 is 19.0 Å². The van der Waals surface area contributed by atoms with Crippen molar-refractivity contribution in [1.29, 1.82) is 5.26 Å². The number of anilines is 2. The van der Waals surface area contributed by atoms with Gasteiger partial charge >= 0.3 is 5.97 Å². The molecule has 0 amide bonds. The number of nitriles is 1. The molecule has 44 heavy (non-hydrogen) atoms. The van der Waals surface area contributed by atoms with Crippen molar-refractivity contribution in [3.63, 3.8) is 0 Å². The molecule has 3 aromatic rings. The lowest BCUT2D eigenvalue weighted by Crippen LogP contribution is -2.53. The van der Waals surface area contributed by atoms with Gasteiger partial charge in [0.2, 0.25) is 5.88 Å². The summed E-state index contributed by atoms with van der Waals surface area (Å²) >= 11 is 0. The number of pyridine rings is 1. The van der Waals surface area contributed by atoms with Crippen LogP contribution in [0.25, 0.3) is 0 Å². The summed E-state index contributed by atoms with van der Waals surface area (Å²) in [4.78, 5) is 23.4. The lowest BCUT2D eigenvalue weighted by molar-refractivity contribution is 0.0697. The van der Waals surface area contributed by atoms with Crippen molar-refractivity contribution in [3.05, 3.63) is 94.9 Å². The molecule has 8 nitrogen and oxygen atoms in total. The molecule has 1 aromatic heterocycles. The van der Waals surface area contributed by atoms with Crippen LogP contribution < -0.4 is 14.5 Å². The lowest BCUT2D eigenvalue weighted by Gasteiger charge is -2.42. The van der Waals surface area contributed by atoms with Crippen LogP contribution in [0.1, 0.15) is 59.7 Å². The van der Waals surface area contributed by atoms with Gasteiger partial charge in [-0.3, -0.25) is 4.90 Å². The maximum absolute atomic E-state index is 14.3. The molecule has 1 saturated carbocycles. The molecule has 2 aliphatic rings. The Morgan fingerprint density at radius 3 is 2.68 bits per heavy atom. The molecule has 1 aliphatic heterocycles. The summed E-state index contributed by atoms with van der Waals surface area (Å²) < 4.78 is 20.1. The van der Waals surface area contributed by atoms with Crippen LogP contribution in [0.15, 0.2) is 66.9 Å². The van der Waals surface area contributed by atoms with E-state index >= 15 is 0 Å². The number of aryl methyl sites for hydroxylation is 1. The van der Waals surface area contributed by atoms with Crippen molar-refractivity contribution in [2.24, 2.45) is 5.92 Å². The Hall–Kier alpha value is -4.42. The van der Waals surface area contributed by atoms with Gasteiger partial charge in [0.25, 0.3) is 0 Å². The van der Waals surface area contributed by atoms with Crippen LogP contribution in [0.3, 0.4) is 0 Å². The lowest BCUT2D eigenvalue weighted by atomic mass is 10.0. The summed E-state index contributed by atoms with van der Waals surface area (Å²) in [6.07, 6.45) is 4.86. The second-order valence-corrected chi connectivity index (χ2v) is 11.9. The molecule has 1 N–H and O–H groups in total. The van der Waals surface area contributed by atoms with Gasteiger partial charge in [0.1, 0.15) is 18.2 Å². The SMILES string of the molecule is C=C(CN1CCN(c2cccc(OCc3ccc(C#N)cc3F)n2)C[C@@H]1C)N(CC1CCCC1)c1cc(C(=O)O)ccc1C. The van der Waals surface area contributed by atoms with Gasteiger partial charge in [-0.2, -0.15) is 10.2 Å². The number of rotatable bonds is 11. The zero-order valence-corrected chi connectivity index (χ0v) is 25.5. The van der Waals surface area contributed by atoms with Crippen LogP contribution in [0.4, 0.5) is 15.9 Å². The third kappa shape index (κ3) is 7.37. The van der Waals surface area contributed by atoms with Crippen molar-refractivity contribution in [2.45, 2.75) is 52.2 Å². The number of benzene rings is 2. The van der Waals surface area contributed by atoms with E-state index < -0.39 is 11.8 Å². The number of hydrogen-bond donors (Lipinski definition) is 1. The largest absolute Gasteiger partial charge is 0.478 e. The molecule has 0 radical (unpaired) electrons. The average molecular weight is 598 g/mol. The number of aromatic nitrogens is 1. The summed E-state index contributed by atoms with van der Waals surface area (Å²) in [5, 5.41) is 18.6. The molecule has 1 aliphatic carbocycles. The van der Waals surface area contributed by atoms with Crippen LogP contribution in [0.2, 0.25) is 0 Å². The fourth-order valence-electron chi connectivity index (χ4n) is 6.19. The van der Waals surface area contributed by atoms with Crippen LogP contribution in [0.5, 0.6) is 5.88 Å². The number of ether oxygens (including phenoxy) is 1. The van der Waals surface area contributed by atoms with Crippen molar-refractivity contribution >= 4 is 17.5 Å². The fourth-order valence-corrected chi connectivity index (χ4v) is 6.19. The third-order valence-electron chi connectivity index (χ3n) is 8.79. The number of hydrogen-bond acceptors (Lipinski definition) is 7. The highest BCUT2D eigenvalue weighted by Crippen LogP contribution is 2.32. The number of carboxylic acids is 1. The average Bonchev–Trinajstić information content (AvgIpc) is 3.54. The van der Waals surface area contributed by atoms with Gasteiger partial charge in [-0.25, -0.2) is 9.18 Å². The number of nitrogens with zero attached hydrogens (tertiary/aromatic N) is 5. The smallest absolute Gasteiger partial charge is 0.335 e. The molecule has 230 valence electrons. The Labute approximate surface area is 259 Å². The Morgan fingerprint density at radius 2 is 1.98 bits per heavy atom. The van der Waals surface area contributed by atoms with E-state index in [9.17, 15) is 14.3 Å². The molecule has 2 aromatic carbocycles. The first-order valence-corrected chi connectivity index (χ1v) is 15.3. The van der Waals surface area contributed by atoms with Gasteiger partial charge in [0, 0.05) is 61.8 Å². The highest BCUT2D eigenvalue weighted by molar-refractivity contribution is 5.89. The van der Waals surface area contributed by atoms with E-state index in [0.29, 0.717) is 23.9 Å². The molecule has 2 heterocycles. The number of halogens is 1. The molecule has 1 saturated heterocycles. The first-order valence-electron chi connectivity index (χ1n) is 15.3. The Kier molecular flexibility index (Phi) is 9.81. The number of piperazine rings is 1. The minimum absolute atomic E-state index is 0.0203. The van der Waals surface area contributed by atoms with E-state index in [1.54, 1.807) is 30.3 Å². The van der Waals surface area contributed by atoms with Gasteiger partial charge in [-0.05, 0) is 68.5 Å². The van der Waals surface area contributed by atoms with Gasteiger partial charge in [-0.1, -0.05) is 37.6 Å². The summed E-state index contributed by atoms with van der Waals surface area (Å²) in [5.41, 5.74) is 3.87. The molecular formula is C35H40FN5O3. The van der Waals surface area contributed by atoms with Crippen molar-refractivity contribution in [1.82, 2.24) is 9.88 Å². The standard InChI is InChI=1S/C35H40FN5O3/c1-24-11-13-29(35(42)43)18-32(24)41(22-27-7-4-5-8-27)26(3)21-39-15-16-40(20-25(39)2)33-9-6-10-34(38-33)44-23-30-14-12-28(19-37)17-31(30)36/h6,9-14,17-18,25,27H,3-5,7-8,15-16,20-23H2,1-2H3,(H,42,43)/t25-/m0/s1. The molecule has 2 fully saturated rings. The highest BCUT2D eigenvalue weighted by atomic mass is 19.1. The molecule has 5 rings (SSSR count). The molecule has 0 bridgehead atoms. The zero-order valence-electron chi connectivity index (χ0n) is 25.5. The second-order valence-electron chi connectivity index (χ2n) is 11.9. The Balaban J connectivity index is 1.23. The fraction of sp³-hybridized carbons (Fsp3) is 0.400. The summed E-state index contributed by atoms with van der Waals surface area (Å²) in [6, 6.07) is 17.4. The molecule has 1 atom stereocenters. The van der Waals surface area contributed by atoms with E-state index in [1.807, 2.05) is 31.2 Å². The first-order chi connectivity index (χ1) is 21.2. The van der Waals surface area contributed by atoms with Crippen LogP contribution >= 0.6 is 0 Å². The van der Waals surface area contributed by atoms with E-state index in [2.05, 4.69) is 33.2 Å². The second kappa shape index (κ2) is 13.9. The van der Waals surface area contributed by atoms with Gasteiger partial charge in [0.15, 0.2) is 0 Å². The summed E-state index contributed by atoms with van der Waals surface area (Å²) in [6.45, 7) is 12.7. The maximum Gasteiger partial charge on any atom is 0.335 e. The molecule has 9 heteroatoms. The van der Waals surface area contributed by atoms with E-state index in [1.165, 1.54) is 31.7 Å². The van der Waals surface area contributed by atoms with Crippen molar-refractivity contribution in [3.8, 4) is 11.9 Å². The maximum atomic E-state index is 14.3. The molecule has 0 unspecified atom stereocenters. The van der Waals surface area contributed by atoms with Gasteiger partial charge in [0.05, 0.1) is 17.2 Å². The Morgan fingerprint density at radius 1 is 1.18 bits per heavy atom. The number of carbonyl (C=O) groups is 1. The normalized spacial score (nSPS) is 17.3. The zero-order chi connectivity index (χ0) is 31.2. The minimum Gasteiger partial charge on any atom is -0.478 e. The van der Waals surface area contributed by atoms with Crippen LogP contribution in [0, 0.1) is 30.0 Å². The third-order valence-corrected chi connectivity index (χ3v) is 8.79. The highest BCUT2D eigenvalue weighted by Gasteiger charge is 2.28. The van der Waals surface area contributed by atoms with Crippen molar-refractivity contribution in [2.75, 3.05) is 42.5 Å². The van der Waals surface area contributed by atoms with Gasteiger partial charge in [-0.15, -0.1) is 0 Å². The minimum atomic E-state index is -0.924. The van der Waals surface area contributed by atoms with E-state index in [0.717, 1.165) is 48.9 Å². The van der Waals surface area contributed by atoms with E-state index in [-0.39, 0.29) is 23.8 Å². The van der Waals surface area contributed by atoms with Crippen LogP contribution in [-0.2, 0) is 6.61 Å². The van der Waals surface area contributed by atoms with Crippen LogP contribution in [-0.4, -0.2) is 59.7 Å². The quantitative estimate of drug-likeness (QED) is 0.272. The monoisotopic (exact) mass is 597 g/mol. The summed E-state index contributed by atoms with van der Waals surface area (Å²) in [5.74, 6) is 0.390. The first kappa shape index (κ1) is 31.0. The number of aromatic carboxylic acids is 1.